The van der Waals surface area contributed by atoms with E-state index in [9.17, 15) is 0 Å². The highest BCUT2D eigenvalue weighted by molar-refractivity contribution is 7.09. The third-order valence-electron chi connectivity index (χ3n) is 2.21. The topological polar surface area (TPSA) is 76.7 Å². The Balaban J connectivity index is 2.12. The first kappa shape index (κ1) is 12.1. The quantitative estimate of drug-likeness (QED) is 0.873. The molecule has 0 saturated heterocycles. The van der Waals surface area contributed by atoms with E-state index in [4.69, 9.17) is 4.42 Å². The Morgan fingerprint density at radius 1 is 1.29 bits per heavy atom. The van der Waals surface area contributed by atoms with E-state index in [1.54, 1.807) is 0 Å². The molecule has 0 radical (unpaired) electrons. The second kappa shape index (κ2) is 5.33. The minimum absolute atomic E-state index is 0.390. The summed E-state index contributed by atoms with van der Waals surface area (Å²) in [6.45, 7) is 6.75. The van der Waals surface area contributed by atoms with Crippen LogP contribution in [0.25, 0.3) is 10.8 Å². The van der Waals surface area contributed by atoms with Gasteiger partial charge < -0.3 is 9.73 Å². The van der Waals surface area contributed by atoms with E-state index in [0.29, 0.717) is 24.4 Å². The molecular weight excluding hydrogens is 238 g/mol. The largest absolute Gasteiger partial charge is 0.418 e. The molecule has 0 unspecified atom stereocenters. The maximum atomic E-state index is 5.57. The molecule has 2 heterocycles. The van der Waals surface area contributed by atoms with Crippen LogP contribution in [0.15, 0.2) is 4.42 Å². The molecule has 0 aliphatic heterocycles. The van der Waals surface area contributed by atoms with Crippen LogP contribution in [-0.4, -0.2) is 25.8 Å². The van der Waals surface area contributed by atoms with Gasteiger partial charge >= 0.3 is 0 Å². The number of rotatable bonds is 5. The van der Waals surface area contributed by atoms with Gasteiger partial charge in [-0.1, -0.05) is 25.3 Å². The van der Waals surface area contributed by atoms with Gasteiger partial charge in [0, 0.05) is 6.04 Å². The average molecular weight is 253 g/mol. The molecule has 0 amide bonds. The summed E-state index contributed by atoms with van der Waals surface area (Å²) in [5, 5.41) is 15.3. The van der Waals surface area contributed by atoms with Gasteiger partial charge in [-0.2, -0.15) is 0 Å². The molecule has 1 N–H and O–H groups in total. The Morgan fingerprint density at radius 3 is 2.82 bits per heavy atom. The second-order valence-corrected chi connectivity index (χ2v) is 4.69. The smallest absolute Gasteiger partial charge is 0.261 e. The molecule has 2 aromatic rings. The Kier molecular flexibility index (Phi) is 3.80. The number of aromatic nitrogens is 4. The first-order chi connectivity index (χ1) is 8.20. The van der Waals surface area contributed by atoms with Crippen LogP contribution in [0.1, 0.15) is 32.4 Å². The van der Waals surface area contributed by atoms with Gasteiger partial charge in [-0.25, -0.2) is 0 Å². The summed E-state index contributed by atoms with van der Waals surface area (Å²) in [7, 11) is 0. The molecule has 0 saturated carbocycles. The number of hydrogen-bond donors (Lipinski definition) is 1. The van der Waals surface area contributed by atoms with Crippen LogP contribution in [0.5, 0.6) is 0 Å². The van der Waals surface area contributed by atoms with Gasteiger partial charge in [-0.05, 0) is 18.0 Å². The number of nitrogens with one attached hydrogen (secondary N) is 1. The number of hydrogen-bond acceptors (Lipinski definition) is 7. The molecule has 0 bridgehead atoms. The van der Waals surface area contributed by atoms with Crippen LogP contribution in [0.4, 0.5) is 0 Å². The predicted molar refractivity (Wildman–Crippen MR) is 64.6 cm³/mol. The van der Waals surface area contributed by atoms with E-state index >= 15 is 0 Å². The fourth-order valence-electron chi connectivity index (χ4n) is 1.31. The lowest BCUT2D eigenvalue weighted by Gasteiger charge is -2.03. The highest BCUT2D eigenvalue weighted by Crippen LogP contribution is 2.24. The molecule has 0 atom stereocenters. The van der Waals surface area contributed by atoms with Crippen molar-refractivity contribution in [3.8, 4) is 10.8 Å². The predicted octanol–water partition coefficient (Wildman–Crippen LogP) is 1.65. The van der Waals surface area contributed by atoms with Crippen molar-refractivity contribution in [2.45, 2.75) is 39.8 Å². The lowest BCUT2D eigenvalue weighted by molar-refractivity contribution is 0.459. The Labute approximate surface area is 104 Å². The summed E-state index contributed by atoms with van der Waals surface area (Å²) >= 11 is 1.29. The molecule has 2 aromatic heterocycles. The summed E-state index contributed by atoms with van der Waals surface area (Å²) in [5.74, 6) is 1.10. The highest BCUT2D eigenvalue weighted by Gasteiger charge is 2.15. The molecule has 7 heteroatoms. The molecular formula is C10H15N5OS. The number of aryl methyl sites for hydroxylation is 1. The van der Waals surface area contributed by atoms with Crippen LogP contribution in [0.2, 0.25) is 0 Å². The van der Waals surface area contributed by atoms with E-state index in [1.165, 1.54) is 11.5 Å². The summed E-state index contributed by atoms with van der Waals surface area (Å²) in [6, 6.07) is 0.390. The van der Waals surface area contributed by atoms with Crippen molar-refractivity contribution in [1.82, 2.24) is 25.1 Å². The zero-order valence-electron chi connectivity index (χ0n) is 10.1. The maximum Gasteiger partial charge on any atom is 0.261 e. The van der Waals surface area contributed by atoms with Gasteiger partial charge in [0.1, 0.15) is 4.88 Å². The molecule has 6 nitrogen and oxygen atoms in total. The van der Waals surface area contributed by atoms with Gasteiger partial charge in [0.05, 0.1) is 12.2 Å². The Bertz CT molecular complexity index is 479. The van der Waals surface area contributed by atoms with Crippen molar-refractivity contribution in [1.29, 1.82) is 0 Å². The van der Waals surface area contributed by atoms with E-state index in [1.807, 2.05) is 6.92 Å². The van der Waals surface area contributed by atoms with Crippen molar-refractivity contribution in [3.63, 3.8) is 0 Å². The average Bonchev–Trinajstić information content (AvgIpc) is 2.94. The molecule has 17 heavy (non-hydrogen) atoms. The fourth-order valence-corrected chi connectivity index (χ4v) is 1.98. The second-order valence-electron chi connectivity index (χ2n) is 3.94. The summed E-state index contributed by atoms with van der Waals surface area (Å²) < 4.78 is 9.47. The highest BCUT2D eigenvalue weighted by atomic mass is 32.1. The Morgan fingerprint density at radius 2 is 2.12 bits per heavy atom. The molecule has 0 fully saturated rings. The fraction of sp³-hybridized carbons (Fsp3) is 0.600. The minimum atomic E-state index is 0.390. The van der Waals surface area contributed by atoms with Crippen LogP contribution in [-0.2, 0) is 13.0 Å². The summed E-state index contributed by atoms with van der Waals surface area (Å²) in [4.78, 5) is 0.871. The number of nitrogens with zero attached hydrogens (tertiary/aromatic N) is 4. The zero-order valence-corrected chi connectivity index (χ0v) is 10.9. The third-order valence-corrected chi connectivity index (χ3v) is 2.97. The first-order valence-corrected chi connectivity index (χ1v) is 6.35. The molecule has 2 rings (SSSR count). The summed E-state index contributed by atoms with van der Waals surface area (Å²) in [6.07, 6.45) is 0.813. The van der Waals surface area contributed by atoms with Crippen molar-refractivity contribution in [2.75, 3.05) is 0 Å². The minimum Gasteiger partial charge on any atom is -0.418 e. The van der Waals surface area contributed by atoms with E-state index < -0.39 is 0 Å². The van der Waals surface area contributed by atoms with Crippen molar-refractivity contribution in [2.24, 2.45) is 0 Å². The van der Waals surface area contributed by atoms with E-state index in [0.717, 1.165) is 17.0 Å². The zero-order chi connectivity index (χ0) is 12.3. The van der Waals surface area contributed by atoms with E-state index in [2.05, 4.69) is 38.9 Å². The Hall–Kier alpha value is -1.34. The molecule has 0 spiro atoms. The first-order valence-electron chi connectivity index (χ1n) is 5.58. The van der Waals surface area contributed by atoms with Crippen LogP contribution < -0.4 is 5.32 Å². The van der Waals surface area contributed by atoms with Gasteiger partial charge in [0.15, 0.2) is 0 Å². The molecule has 0 aliphatic carbocycles. The van der Waals surface area contributed by atoms with Crippen LogP contribution in [0.3, 0.4) is 0 Å². The summed E-state index contributed by atoms with van der Waals surface area (Å²) in [5.41, 5.74) is 0.905. The van der Waals surface area contributed by atoms with Crippen LogP contribution >= 0.6 is 11.5 Å². The third kappa shape index (κ3) is 2.86. The van der Waals surface area contributed by atoms with Gasteiger partial charge in [-0.3, -0.25) is 0 Å². The maximum absolute atomic E-state index is 5.57. The monoisotopic (exact) mass is 253 g/mol. The van der Waals surface area contributed by atoms with Crippen molar-refractivity contribution >= 4 is 11.5 Å². The SMILES string of the molecule is CCc1nnsc1-c1nnc(CNC(C)C)o1. The van der Waals surface area contributed by atoms with Crippen molar-refractivity contribution in [3.05, 3.63) is 11.6 Å². The lowest BCUT2D eigenvalue weighted by atomic mass is 10.3. The molecule has 0 aromatic carbocycles. The normalized spacial score (nSPS) is 11.3. The van der Waals surface area contributed by atoms with E-state index in [-0.39, 0.29) is 0 Å². The lowest BCUT2D eigenvalue weighted by Crippen LogP contribution is -2.21. The van der Waals surface area contributed by atoms with Gasteiger partial charge in [0.2, 0.25) is 5.89 Å². The molecule has 92 valence electrons. The van der Waals surface area contributed by atoms with Gasteiger partial charge in [-0.15, -0.1) is 15.3 Å². The van der Waals surface area contributed by atoms with Crippen molar-refractivity contribution < 1.29 is 4.42 Å². The standard InChI is InChI=1S/C10H15N5OS/c1-4-7-9(17-15-12-7)10-14-13-8(16-10)5-11-6(2)3/h6,11H,4-5H2,1-3H3. The van der Waals surface area contributed by atoms with Gasteiger partial charge in [0.25, 0.3) is 5.89 Å². The molecule has 0 aliphatic rings. The van der Waals surface area contributed by atoms with Crippen LogP contribution in [0, 0.1) is 0 Å².